The first-order chi connectivity index (χ1) is 11.1. The Bertz CT molecular complexity index is 703. The highest BCUT2D eigenvalue weighted by Gasteiger charge is 2.23. The largest absolute Gasteiger partial charge is 0.369 e. The quantitative estimate of drug-likeness (QED) is 0.870. The highest BCUT2D eigenvalue weighted by molar-refractivity contribution is 5.89. The molecular formula is C16H20FN5O. The number of rotatable bonds is 5. The second-order valence-electron chi connectivity index (χ2n) is 5.83. The minimum absolute atomic E-state index is 0.0684. The van der Waals surface area contributed by atoms with Gasteiger partial charge in [-0.3, -0.25) is 4.79 Å². The maximum absolute atomic E-state index is 14.0. The summed E-state index contributed by atoms with van der Waals surface area (Å²) < 4.78 is 14.0. The van der Waals surface area contributed by atoms with Gasteiger partial charge < -0.3 is 16.0 Å². The predicted molar refractivity (Wildman–Crippen MR) is 86.3 cm³/mol. The molecule has 6 nitrogen and oxygen atoms in total. The molecule has 1 aliphatic heterocycles. The number of amides is 1. The van der Waals surface area contributed by atoms with Gasteiger partial charge in [-0.05, 0) is 31.5 Å². The lowest BCUT2D eigenvalue weighted by atomic mass is 9.97. The summed E-state index contributed by atoms with van der Waals surface area (Å²) in [6, 6.07) is 4.79. The molecule has 122 valence electrons. The third-order valence-electron chi connectivity index (χ3n) is 4.24. The first-order valence-corrected chi connectivity index (χ1v) is 7.80. The average Bonchev–Trinajstić information content (AvgIpc) is 2.55. The van der Waals surface area contributed by atoms with Crippen LogP contribution >= 0.6 is 0 Å². The summed E-state index contributed by atoms with van der Waals surface area (Å²) in [5.41, 5.74) is 5.97. The molecule has 1 fully saturated rings. The summed E-state index contributed by atoms with van der Waals surface area (Å²) in [4.78, 5) is 21.7. The molecule has 3 rings (SSSR count). The first kappa shape index (κ1) is 15.6. The van der Waals surface area contributed by atoms with E-state index in [0.29, 0.717) is 29.8 Å². The van der Waals surface area contributed by atoms with E-state index >= 15 is 0 Å². The summed E-state index contributed by atoms with van der Waals surface area (Å²) in [7, 11) is 0. The third kappa shape index (κ3) is 3.56. The lowest BCUT2D eigenvalue weighted by molar-refractivity contribution is -0.123. The van der Waals surface area contributed by atoms with E-state index in [1.54, 1.807) is 12.1 Å². The molecule has 7 heteroatoms. The Morgan fingerprint density at radius 1 is 1.43 bits per heavy atom. The number of nitrogens with one attached hydrogen (secondary N) is 1. The number of piperidine rings is 1. The maximum Gasteiger partial charge on any atom is 0.221 e. The molecule has 0 saturated carbocycles. The summed E-state index contributed by atoms with van der Waals surface area (Å²) in [6.07, 6.45) is 3.26. The Hall–Kier alpha value is -2.28. The number of fused-ring (bicyclic) bond motifs is 1. The van der Waals surface area contributed by atoms with Crippen LogP contribution in [0.1, 0.15) is 12.8 Å². The molecular weight excluding hydrogens is 297 g/mol. The molecule has 1 amide bonds. The average molecular weight is 317 g/mol. The molecule has 1 aromatic carbocycles. The van der Waals surface area contributed by atoms with Gasteiger partial charge in [-0.25, -0.2) is 14.4 Å². The van der Waals surface area contributed by atoms with Gasteiger partial charge in [0, 0.05) is 19.6 Å². The molecule has 3 N–H and O–H groups in total. The molecule has 23 heavy (non-hydrogen) atoms. The van der Waals surface area contributed by atoms with E-state index in [1.165, 1.54) is 12.4 Å². The van der Waals surface area contributed by atoms with E-state index in [1.807, 2.05) is 0 Å². The Balaban J connectivity index is 1.62. The molecule has 0 aliphatic carbocycles. The number of hydrogen-bond acceptors (Lipinski definition) is 5. The Morgan fingerprint density at radius 3 is 3.13 bits per heavy atom. The predicted octanol–water partition coefficient (Wildman–Crippen LogP) is 1.38. The van der Waals surface area contributed by atoms with Crippen LogP contribution in [0.4, 0.5) is 10.2 Å². The van der Waals surface area contributed by atoms with Crippen molar-refractivity contribution in [2.24, 2.45) is 11.7 Å². The zero-order valence-corrected chi connectivity index (χ0v) is 12.8. The molecule has 1 saturated heterocycles. The third-order valence-corrected chi connectivity index (χ3v) is 4.24. The molecule has 1 aromatic heterocycles. The van der Waals surface area contributed by atoms with Crippen LogP contribution in [0.15, 0.2) is 24.5 Å². The fourth-order valence-corrected chi connectivity index (χ4v) is 3.03. The molecule has 1 aliphatic rings. The van der Waals surface area contributed by atoms with E-state index in [9.17, 15) is 9.18 Å². The van der Waals surface area contributed by atoms with E-state index < -0.39 is 0 Å². The maximum atomic E-state index is 14.0. The molecule has 0 bridgehead atoms. The zero-order chi connectivity index (χ0) is 16.2. The molecule has 0 radical (unpaired) electrons. The number of hydrogen-bond donors (Lipinski definition) is 2. The Labute approximate surface area is 133 Å². The highest BCUT2D eigenvalue weighted by atomic mass is 19.1. The van der Waals surface area contributed by atoms with Gasteiger partial charge in [-0.2, -0.15) is 0 Å². The van der Waals surface area contributed by atoms with Gasteiger partial charge in [0.15, 0.2) is 0 Å². The number of aromatic nitrogens is 2. The molecule has 1 atom stereocenters. The summed E-state index contributed by atoms with van der Waals surface area (Å²) in [5.74, 6) is -0.137. The van der Waals surface area contributed by atoms with Crippen molar-refractivity contribution in [3.8, 4) is 0 Å². The van der Waals surface area contributed by atoms with Gasteiger partial charge >= 0.3 is 0 Å². The smallest absolute Gasteiger partial charge is 0.221 e. The number of primary amides is 1. The number of anilines is 1. The Kier molecular flexibility index (Phi) is 4.66. The minimum atomic E-state index is -0.336. The van der Waals surface area contributed by atoms with Crippen molar-refractivity contribution in [2.75, 3.05) is 31.5 Å². The second-order valence-corrected chi connectivity index (χ2v) is 5.83. The number of nitrogens with zero attached hydrogens (tertiary/aromatic N) is 3. The normalized spacial score (nSPS) is 18.9. The van der Waals surface area contributed by atoms with Crippen LogP contribution in [0.25, 0.3) is 10.9 Å². The fourth-order valence-electron chi connectivity index (χ4n) is 3.03. The van der Waals surface area contributed by atoms with Gasteiger partial charge in [-0.15, -0.1) is 0 Å². The lowest BCUT2D eigenvalue weighted by Crippen LogP contribution is -2.42. The summed E-state index contributed by atoms with van der Waals surface area (Å²) in [6.45, 7) is 3.01. The van der Waals surface area contributed by atoms with Crippen molar-refractivity contribution in [3.63, 3.8) is 0 Å². The first-order valence-electron chi connectivity index (χ1n) is 7.80. The minimum Gasteiger partial charge on any atom is -0.369 e. The zero-order valence-electron chi connectivity index (χ0n) is 12.8. The van der Waals surface area contributed by atoms with E-state index in [4.69, 9.17) is 5.73 Å². The van der Waals surface area contributed by atoms with E-state index in [2.05, 4.69) is 20.2 Å². The summed E-state index contributed by atoms with van der Waals surface area (Å²) >= 11 is 0. The van der Waals surface area contributed by atoms with E-state index in [-0.39, 0.29) is 17.6 Å². The van der Waals surface area contributed by atoms with Crippen molar-refractivity contribution in [3.05, 3.63) is 30.3 Å². The fraction of sp³-hybridized carbons (Fsp3) is 0.438. The van der Waals surface area contributed by atoms with Crippen LogP contribution in [0, 0.1) is 11.7 Å². The Morgan fingerprint density at radius 2 is 2.30 bits per heavy atom. The van der Waals surface area contributed by atoms with Crippen LogP contribution in [0.3, 0.4) is 0 Å². The summed E-state index contributed by atoms with van der Waals surface area (Å²) in [5, 5.41) is 3.58. The van der Waals surface area contributed by atoms with Gasteiger partial charge in [0.25, 0.3) is 0 Å². The van der Waals surface area contributed by atoms with Crippen LogP contribution < -0.4 is 11.1 Å². The van der Waals surface area contributed by atoms with Crippen LogP contribution in [0.2, 0.25) is 0 Å². The van der Waals surface area contributed by atoms with Crippen molar-refractivity contribution >= 4 is 22.6 Å². The number of carbonyl (C=O) groups is 1. The van der Waals surface area contributed by atoms with Crippen molar-refractivity contribution in [1.82, 2.24) is 14.9 Å². The molecule has 0 spiro atoms. The van der Waals surface area contributed by atoms with Crippen LogP contribution in [0.5, 0.6) is 0 Å². The molecule has 2 aromatic rings. The van der Waals surface area contributed by atoms with Crippen LogP contribution in [-0.4, -0.2) is 47.0 Å². The molecule has 2 heterocycles. The number of carbonyl (C=O) groups excluding carboxylic acids is 1. The monoisotopic (exact) mass is 317 g/mol. The number of benzene rings is 1. The van der Waals surface area contributed by atoms with Crippen molar-refractivity contribution in [2.45, 2.75) is 12.8 Å². The van der Waals surface area contributed by atoms with Gasteiger partial charge in [-0.1, -0.05) is 6.07 Å². The topological polar surface area (TPSA) is 84.1 Å². The van der Waals surface area contributed by atoms with Crippen molar-refractivity contribution < 1.29 is 9.18 Å². The van der Waals surface area contributed by atoms with Gasteiger partial charge in [0.05, 0.1) is 16.8 Å². The number of likely N-dealkylation sites (tertiary alicyclic amines) is 1. The second kappa shape index (κ2) is 6.87. The SMILES string of the molecule is NC(=O)[C@H]1CCCN(CCNc2ncnc3cccc(F)c23)C1. The number of nitrogens with two attached hydrogens (primary N) is 1. The molecule has 0 unspecified atom stereocenters. The van der Waals surface area contributed by atoms with Gasteiger partial charge in [0.2, 0.25) is 5.91 Å². The standard InChI is InChI=1S/C16H20FN5O/c17-12-4-1-5-13-14(12)16(21-10-20-13)19-6-8-22-7-2-3-11(9-22)15(18)23/h1,4-5,10-11H,2-3,6-9H2,(H2,18,23)(H,19,20,21)/t11-/m0/s1. The lowest BCUT2D eigenvalue weighted by Gasteiger charge is -2.31. The highest BCUT2D eigenvalue weighted by Crippen LogP contribution is 2.22. The van der Waals surface area contributed by atoms with Crippen LogP contribution in [-0.2, 0) is 4.79 Å². The van der Waals surface area contributed by atoms with E-state index in [0.717, 1.165) is 25.9 Å². The van der Waals surface area contributed by atoms with Crippen molar-refractivity contribution in [1.29, 1.82) is 0 Å². The number of halogens is 1. The van der Waals surface area contributed by atoms with Gasteiger partial charge in [0.1, 0.15) is 18.0 Å².